The fourth-order valence-corrected chi connectivity index (χ4v) is 5.01. The number of Topliss-reactive ketones (excluding diaryl/α,β-unsaturated/α-hetero) is 2. The number of allylic oxidation sites excluding steroid dienone is 1. The Labute approximate surface area is 176 Å². The van der Waals surface area contributed by atoms with Crippen molar-refractivity contribution in [3.05, 3.63) is 22.6 Å². The molecule has 7 nitrogen and oxygen atoms in total. The van der Waals surface area contributed by atoms with Gasteiger partial charge in [0.15, 0.2) is 11.6 Å². The molecule has 156 valence electrons. The summed E-state index contributed by atoms with van der Waals surface area (Å²) in [4.78, 5) is 37.2. The normalized spacial score (nSPS) is 27.8. The first-order valence-corrected chi connectivity index (χ1v) is 11.0. The lowest BCUT2D eigenvalue weighted by Crippen LogP contribution is -2.45. The molecule has 4 rings (SSSR count). The minimum atomic E-state index is -0.881. The third-order valence-corrected chi connectivity index (χ3v) is 6.64. The van der Waals surface area contributed by atoms with E-state index in [0.29, 0.717) is 36.4 Å². The summed E-state index contributed by atoms with van der Waals surface area (Å²) in [7, 11) is 0. The van der Waals surface area contributed by atoms with Crippen LogP contribution in [-0.2, 0) is 9.59 Å². The van der Waals surface area contributed by atoms with Crippen LogP contribution in [0, 0.1) is 5.41 Å². The zero-order valence-corrected chi connectivity index (χ0v) is 17.4. The van der Waals surface area contributed by atoms with Gasteiger partial charge in [0.2, 0.25) is 0 Å². The standard InChI is InChI=1S/C21H28ClN5O2/c22-16-13-17(27-11-4-9-24-10-12-27)26-20(25-16)18(23)14-5-3-8-21(19(14)29)7-2-1-6-15(21)28/h13,24H,1-12,23H2/b18-14-/t21-/m1/s1. The van der Waals surface area contributed by atoms with Gasteiger partial charge in [-0.1, -0.05) is 18.0 Å². The van der Waals surface area contributed by atoms with Crippen molar-refractivity contribution in [2.45, 2.75) is 51.4 Å². The van der Waals surface area contributed by atoms with Gasteiger partial charge in [-0.25, -0.2) is 9.97 Å². The molecule has 1 aromatic heterocycles. The summed E-state index contributed by atoms with van der Waals surface area (Å²) >= 11 is 6.28. The lowest BCUT2D eigenvalue weighted by atomic mass is 9.62. The third-order valence-electron chi connectivity index (χ3n) is 6.44. The van der Waals surface area contributed by atoms with E-state index in [1.165, 1.54) is 0 Å². The number of nitrogens with zero attached hydrogens (tertiary/aromatic N) is 3. The van der Waals surface area contributed by atoms with Crippen LogP contribution in [0.3, 0.4) is 0 Å². The Balaban J connectivity index is 1.69. The molecule has 0 radical (unpaired) electrons. The Morgan fingerprint density at radius 2 is 1.90 bits per heavy atom. The minimum absolute atomic E-state index is 0.0727. The Kier molecular flexibility index (Phi) is 5.88. The van der Waals surface area contributed by atoms with Crippen LogP contribution in [0.4, 0.5) is 5.82 Å². The molecule has 2 aliphatic carbocycles. The summed E-state index contributed by atoms with van der Waals surface area (Å²) in [5.41, 5.74) is 6.31. The molecular formula is C21H28ClN5O2. The highest BCUT2D eigenvalue weighted by atomic mass is 35.5. The second-order valence-electron chi connectivity index (χ2n) is 8.25. The van der Waals surface area contributed by atoms with E-state index in [2.05, 4.69) is 20.2 Å². The molecule has 0 unspecified atom stereocenters. The van der Waals surface area contributed by atoms with Crippen LogP contribution in [0.5, 0.6) is 0 Å². The summed E-state index contributed by atoms with van der Waals surface area (Å²) in [6.07, 6.45) is 5.86. The molecule has 1 atom stereocenters. The van der Waals surface area contributed by atoms with Crippen LogP contribution in [0.2, 0.25) is 5.15 Å². The maximum Gasteiger partial charge on any atom is 0.179 e. The average molecular weight is 418 g/mol. The number of hydrogen-bond donors (Lipinski definition) is 2. The molecule has 1 saturated heterocycles. The highest BCUT2D eigenvalue weighted by Crippen LogP contribution is 2.45. The van der Waals surface area contributed by atoms with Gasteiger partial charge in [0.05, 0.1) is 11.1 Å². The van der Waals surface area contributed by atoms with Gasteiger partial charge in [-0.3, -0.25) is 9.59 Å². The molecule has 0 bridgehead atoms. The Bertz CT molecular complexity index is 843. The van der Waals surface area contributed by atoms with Gasteiger partial charge in [-0.2, -0.15) is 0 Å². The SMILES string of the molecule is N/C(=C1/CCC[C@@]2(CCCCC2=O)C1=O)c1nc(Cl)cc(N2CCCNCC2)n1. The van der Waals surface area contributed by atoms with E-state index in [1.54, 1.807) is 6.07 Å². The van der Waals surface area contributed by atoms with Gasteiger partial charge < -0.3 is 16.0 Å². The predicted octanol–water partition coefficient (Wildman–Crippen LogP) is 2.48. The lowest BCUT2D eigenvalue weighted by Gasteiger charge is -2.38. The fraction of sp³-hybridized carbons (Fsp3) is 0.619. The predicted molar refractivity (Wildman–Crippen MR) is 113 cm³/mol. The van der Waals surface area contributed by atoms with Crippen molar-refractivity contribution in [3.63, 3.8) is 0 Å². The van der Waals surface area contributed by atoms with Crippen molar-refractivity contribution in [3.8, 4) is 0 Å². The van der Waals surface area contributed by atoms with Crippen molar-refractivity contribution >= 4 is 34.7 Å². The Morgan fingerprint density at radius 1 is 1.07 bits per heavy atom. The molecule has 1 spiro atoms. The molecule has 1 aliphatic heterocycles. The first-order valence-electron chi connectivity index (χ1n) is 10.6. The summed E-state index contributed by atoms with van der Waals surface area (Å²) in [5, 5.41) is 3.67. The topological polar surface area (TPSA) is 101 Å². The van der Waals surface area contributed by atoms with E-state index in [1.807, 2.05) is 0 Å². The van der Waals surface area contributed by atoms with E-state index in [4.69, 9.17) is 17.3 Å². The highest BCUT2D eigenvalue weighted by molar-refractivity contribution is 6.29. The summed E-state index contributed by atoms with van der Waals surface area (Å²) < 4.78 is 0. The molecule has 3 aliphatic rings. The van der Waals surface area contributed by atoms with Crippen molar-refractivity contribution in [1.29, 1.82) is 0 Å². The van der Waals surface area contributed by atoms with Crippen LogP contribution in [-0.4, -0.2) is 47.7 Å². The van der Waals surface area contributed by atoms with E-state index in [9.17, 15) is 9.59 Å². The van der Waals surface area contributed by atoms with Crippen LogP contribution in [0.15, 0.2) is 11.6 Å². The smallest absolute Gasteiger partial charge is 0.179 e. The lowest BCUT2D eigenvalue weighted by molar-refractivity contribution is -0.143. The number of halogens is 1. The second-order valence-corrected chi connectivity index (χ2v) is 8.64. The zero-order chi connectivity index (χ0) is 20.4. The molecule has 0 aromatic carbocycles. The molecule has 3 fully saturated rings. The number of carbonyl (C=O) groups is 2. The van der Waals surface area contributed by atoms with Gasteiger partial charge in [0.1, 0.15) is 16.8 Å². The van der Waals surface area contributed by atoms with E-state index < -0.39 is 5.41 Å². The number of ketones is 2. The zero-order valence-electron chi connectivity index (χ0n) is 16.7. The van der Waals surface area contributed by atoms with E-state index >= 15 is 0 Å². The van der Waals surface area contributed by atoms with Crippen LogP contribution >= 0.6 is 11.6 Å². The molecule has 8 heteroatoms. The van der Waals surface area contributed by atoms with Crippen molar-refractivity contribution < 1.29 is 9.59 Å². The fourth-order valence-electron chi connectivity index (χ4n) is 4.83. The maximum atomic E-state index is 13.4. The molecule has 2 saturated carbocycles. The van der Waals surface area contributed by atoms with E-state index in [-0.39, 0.29) is 23.1 Å². The van der Waals surface area contributed by atoms with Gasteiger partial charge in [0.25, 0.3) is 0 Å². The van der Waals surface area contributed by atoms with Crippen LogP contribution in [0.25, 0.3) is 5.70 Å². The monoisotopic (exact) mass is 417 g/mol. The number of nitrogens with two attached hydrogens (primary N) is 1. The van der Waals surface area contributed by atoms with Crippen molar-refractivity contribution in [2.24, 2.45) is 11.1 Å². The Hall–Kier alpha value is -1.99. The summed E-state index contributed by atoms with van der Waals surface area (Å²) in [6, 6.07) is 1.74. The number of rotatable bonds is 2. The molecule has 29 heavy (non-hydrogen) atoms. The molecule has 2 heterocycles. The number of nitrogens with one attached hydrogen (secondary N) is 1. The van der Waals surface area contributed by atoms with Crippen LogP contribution < -0.4 is 16.0 Å². The average Bonchev–Trinajstić information content (AvgIpc) is 3.01. The van der Waals surface area contributed by atoms with Gasteiger partial charge in [-0.15, -0.1) is 0 Å². The second kappa shape index (κ2) is 8.40. The summed E-state index contributed by atoms with van der Waals surface area (Å²) in [6.45, 7) is 3.53. The van der Waals surface area contributed by atoms with Gasteiger partial charge >= 0.3 is 0 Å². The number of aromatic nitrogens is 2. The minimum Gasteiger partial charge on any atom is -0.395 e. The van der Waals surface area contributed by atoms with Crippen molar-refractivity contribution in [2.75, 3.05) is 31.1 Å². The van der Waals surface area contributed by atoms with Crippen LogP contribution in [0.1, 0.15) is 57.2 Å². The molecule has 1 aromatic rings. The van der Waals surface area contributed by atoms with Gasteiger partial charge in [-0.05, 0) is 45.1 Å². The molecule has 3 N–H and O–H groups in total. The first-order chi connectivity index (χ1) is 14.0. The summed E-state index contributed by atoms with van der Waals surface area (Å²) in [5.74, 6) is 0.964. The first kappa shape index (κ1) is 20.3. The number of hydrogen-bond acceptors (Lipinski definition) is 7. The number of anilines is 1. The van der Waals surface area contributed by atoms with Crippen molar-refractivity contribution in [1.82, 2.24) is 15.3 Å². The Morgan fingerprint density at radius 3 is 2.72 bits per heavy atom. The number of carbonyl (C=O) groups excluding carboxylic acids is 2. The van der Waals surface area contributed by atoms with Gasteiger partial charge in [0, 0.05) is 37.7 Å². The molecular weight excluding hydrogens is 390 g/mol. The maximum absolute atomic E-state index is 13.4. The highest BCUT2D eigenvalue weighted by Gasteiger charge is 2.49. The van der Waals surface area contributed by atoms with E-state index in [0.717, 1.165) is 57.7 Å². The largest absolute Gasteiger partial charge is 0.395 e. The molecule has 0 amide bonds. The quantitative estimate of drug-likeness (QED) is 0.433. The third kappa shape index (κ3) is 3.90.